The average Bonchev–Trinajstić information content (AvgIpc) is 2.79. The Morgan fingerprint density at radius 3 is 2.67 bits per heavy atom. The summed E-state index contributed by atoms with van der Waals surface area (Å²) in [5, 5.41) is 2.79. The summed E-state index contributed by atoms with van der Waals surface area (Å²) >= 11 is 1.32. The quantitative estimate of drug-likeness (QED) is 0.921. The molecule has 1 N–H and O–H groups in total. The number of nitrogens with one attached hydrogen (secondary N) is 1. The fourth-order valence-electron chi connectivity index (χ4n) is 1.47. The minimum Gasteiger partial charge on any atom is -0.494 e. The lowest BCUT2D eigenvalue weighted by Crippen LogP contribution is -2.11. The van der Waals surface area contributed by atoms with E-state index in [1.54, 1.807) is 6.07 Å². The standard InChI is InChI=1S/C13H14N2O2S/c1-3-17-11-6-4-10(5-7-11)14-13(16)12-8-9(2)18-15-12/h4-8H,3H2,1-2H3,(H,14,16). The van der Waals surface area contributed by atoms with Gasteiger partial charge >= 0.3 is 0 Å². The van der Waals surface area contributed by atoms with Gasteiger partial charge in [0.15, 0.2) is 0 Å². The van der Waals surface area contributed by atoms with Crippen LogP contribution in [-0.4, -0.2) is 16.9 Å². The molecule has 0 aliphatic rings. The van der Waals surface area contributed by atoms with Crippen molar-refractivity contribution in [2.45, 2.75) is 13.8 Å². The molecule has 0 aliphatic carbocycles. The van der Waals surface area contributed by atoms with Crippen LogP contribution in [0, 0.1) is 6.92 Å². The van der Waals surface area contributed by atoms with Crippen LogP contribution >= 0.6 is 11.5 Å². The first-order chi connectivity index (χ1) is 8.69. The third-order valence-corrected chi connectivity index (χ3v) is 2.98. The van der Waals surface area contributed by atoms with Gasteiger partial charge in [-0.1, -0.05) is 0 Å². The predicted octanol–water partition coefficient (Wildman–Crippen LogP) is 3.10. The smallest absolute Gasteiger partial charge is 0.275 e. The van der Waals surface area contributed by atoms with Crippen LogP contribution in [0.2, 0.25) is 0 Å². The number of ether oxygens (including phenoxy) is 1. The molecule has 0 aliphatic heterocycles. The number of rotatable bonds is 4. The van der Waals surface area contributed by atoms with Crippen molar-refractivity contribution in [1.82, 2.24) is 4.37 Å². The highest BCUT2D eigenvalue weighted by Crippen LogP contribution is 2.17. The van der Waals surface area contributed by atoms with Crippen LogP contribution in [0.3, 0.4) is 0 Å². The van der Waals surface area contributed by atoms with E-state index in [-0.39, 0.29) is 5.91 Å². The minimum atomic E-state index is -0.191. The molecule has 18 heavy (non-hydrogen) atoms. The molecule has 2 aromatic rings. The van der Waals surface area contributed by atoms with Crippen molar-refractivity contribution < 1.29 is 9.53 Å². The van der Waals surface area contributed by atoms with E-state index < -0.39 is 0 Å². The van der Waals surface area contributed by atoms with Crippen LogP contribution in [0.25, 0.3) is 0 Å². The highest BCUT2D eigenvalue weighted by molar-refractivity contribution is 7.05. The second-order valence-corrected chi connectivity index (χ2v) is 4.74. The van der Waals surface area contributed by atoms with E-state index in [9.17, 15) is 4.79 Å². The molecule has 0 unspecified atom stereocenters. The maximum atomic E-state index is 11.8. The Labute approximate surface area is 110 Å². The first kappa shape index (κ1) is 12.6. The molecule has 0 radical (unpaired) electrons. The van der Waals surface area contributed by atoms with Crippen LogP contribution in [0.5, 0.6) is 5.75 Å². The maximum Gasteiger partial charge on any atom is 0.275 e. The summed E-state index contributed by atoms with van der Waals surface area (Å²) < 4.78 is 9.39. The number of amides is 1. The highest BCUT2D eigenvalue weighted by atomic mass is 32.1. The summed E-state index contributed by atoms with van der Waals surface area (Å²) in [5.41, 5.74) is 1.18. The van der Waals surface area contributed by atoms with Crippen LogP contribution in [0.15, 0.2) is 30.3 Å². The van der Waals surface area contributed by atoms with Crippen LogP contribution < -0.4 is 10.1 Å². The number of hydrogen-bond acceptors (Lipinski definition) is 4. The van der Waals surface area contributed by atoms with E-state index in [0.29, 0.717) is 12.3 Å². The van der Waals surface area contributed by atoms with E-state index in [1.165, 1.54) is 11.5 Å². The number of aromatic nitrogens is 1. The molecular weight excluding hydrogens is 248 g/mol. The van der Waals surface area contributed by atoms with Crippen molar-refractivity contribution in [3.63, 3.8) is 0 Å². The topological polar surface area (TPSA) is 51.2 Å². The monoisotopic (exact) mass is 262 g/mol. The number of nitrogens with zero attached hydrogens (tertiary/aromatic N) is 1. The molecule has 1 amide bonds. The zero-order valence-electron chi connectivity index (χ0n) is 10.3. The fourth-order valence-corrected chi connectivity index (χ4v) is 2.01. The van der Waals surface area contributed by atoms with Crippen LogP contribution in [0.1, 0.15) is 22.3 Å². The van der Waals surface area contributed by atoms with E-state index in [4.69, 9.17) is 4.74 Å². The molecule has 2 rings (SSSR count). The summed E-state index contributed by atoms with van der Waals surface area (Å²) in [7, 11) is 0. The second-order valence-electron chi connectivity index (χ2n) is 3.73. The van der Waals surface area contributed by atoms with Gasteiger partial charge in [-0.15, -0.1) is 0 Å². The summed E-state index contributed by atoms with van der Waals surface area (Å²) in [6.45, 7) is 4.48. The molecule has 5 heteroatoms. The highest BCUT2D eigenvalue weighted by Gasteiger charge is 2.09. The first-order valence-corrected chi connectivity index (χ1v) is 6.44. The number of carbonyl (C=O) groups excluding carboxylic acids is 1. The van der Waals surface area contributed by atoms with Crippen molar-refractivity contribution in [2.75, 3.05) is 11.9 Å². The molecule has 4 nitrogen and oxygen atoms in total. The molecule has 1 aromatic heterocycles. The lowest BCUT2D eigenvalue weighted by atomic mass is 10.3. The minimum absolute atomic E-state index is 0.191. The SMILES string of the molecule is CCOc1ccc(NC(=O)c2cc(C)sn2)cc1. The van der Waals surface area contributed by atoms with Gasteiger partial charge in [0.2, 0.25) is 0 Å². The third-order valence-electron chi connectivity index (χ3n) is 2.28. The summed E-state index contributed by atoms with van der Waals surface area (Å²) in [4.78, 5) is 12.9. The van der Waals surface area contributed by atoms with Gasteiger partial charge in [-0.25, -0.2) is 0 Å². The first-order valence-electron chi connectivity index (χ1n) is 5.66. The van der Waals surface area contributed by atoms with E-state index >= 15 is 0 Å². The zero-order valence-corrected chi connectivity index (χ0v) is 11.1. The van der Waals surface area contributed by atoms with Gasteiger partial charge in [0.05, 0.1) is 6.61 Å². The van der Waals surface area contributed by atoms with Crippen molar-refractivity contribution in [2.24, 2.45) is 0 Å². The van der Waals surface area contributed by atoms with Crippen LogP contribution in [0.4, 0.5) is 5.69 Å². The van der Waals surface area contributed by atoms with Crippen LogP contribution in [-0.2, 0) is 0 Å². The lowest BCUT2D eigenvalue weighted by molar-refractivity contribution is 0.102. The number of aryl methyl sites for hydroxylation is 1. The van der Waals surface area contributed by atoms with Gasteiger partial charge < -0.3 is 10.1 Å². The largest absolute Gasteiger partial charge is 0.494 e. The van der Waals surface area contributed by atoms with Gasteiger partial charge in [0.25, 0.3) is 5.91 Å². The molecule has 1 heterocycles. The Morgan fingerprint density at radius 2 is 2.11 bits per heavy atom. The Balaban J connectivity index is 2.03. The molecule has 0 bridgehead atoms. The summed E-state index contributed by atoms with van der Waals surface area (Å²) in [6.07, 6.45) is 0. The molecule has 0 saturated heterocycles. The zero-order chi connectivity index (χ0) is 13.0. The third kappa shape index (κ3) is 3.07. The maximum absolute atomic E-state index is 11.8. The second kappa shape index (κ2) is 5.64. The Bertz CT molecular complexity index is 534. The van der Waals surface area contributed by atoms with E-state index in [0.717, 1.165) is 16.3 Å². The average molecular weight is 262 g/mol. The Hall–Kier alpha value is -1.88. The number of anilines is 1. The number of carbonyl (C=O) groups is 1. The molecule has 0 spiro atoms. The van der Waals surface area contributed by atoms with Crippen molar-refractivity contribution >= 4 is 23.1 Å². The van der Waals surface area contributed by atoms with Crippen molar-refractivity contribution in [3.05, 3.63) is 40.9 Å². The molecule has 0 saturated carbocycles. The number of benzene rings is 1. The lowest BCUT2D eigenvalue weighted by Gasteiger charge is -2.05. The molecule has 94 valence electrons. The van der Waals surface area contributed by atoms with Crippen molar-refractivity contribution in [1.29, 1.82) is 0 Å². The predicted molar refractivity (Wildman–Crippen MR) is 72.4 cm³/mol. The van der Waals surface area contributed by atoms with Gasteiger partial charge in [-0.3, -0.25) is 4.79 Å². The van der Waals surface area contributed by atoms with Gasteiger partial charge in [0, 0.05) is 10.6 Å². The van der Waals surface area contributed by atoms with Gasteiger partial charge in [-0.2, -0.15) is 4.37 Å². The normalized spacial score (nSPS) is 10.1. The Kier molecular flexibility index (Phi) is 3.94. The summed E-state index contributed by atoms with van der Waals surface area (Å²) in [5.74, 6) is 0.600. The molecule has 0 atom stereocenters. The molecular formula is C13H14N2O2S. The van der Waals surface area contributed by atoms with E-state index in [1.807, 2.05) is 38.1 Å². The van der Waals surface area contributed by atoms with Crippen molar-refractivity contribution in [3.8, 4) is 5.75 Å². The molecule has 0 fully saturated rings. The fraction of sp³-hybridized carbons (Fsp3) is 0.231. The van der Waals surface area contributed by atoms with E-state index in [2.05, 4.69) is 9.69 Å². The summed E-state index contributed by atoms with van der Waals surface area (Å²) in [6, 6.07) is 9.04. The van der Waals surface area contributed by atoms with Gasteiger partial charge in [-0.05, 0) is 55.7 Å². The Morgan fingerprint density at radius 1 is 1.39 bits per heavy atom. The van der Waals surface area contributed by atoms with Gasteiger partial charge in [0.1, 0.15) is 11.4 Å². The molecule has 1 aromatic carbocycles. The number of hydrogen-bond donors (Lipinski definition) is 1.